The van der Waals surface area contributed by atoms with Crippen LogP contribution in [0.2, 0.25) is 0 Å². The minimum absolute atomic E-state index is 0.0612. The summed E-state index contributed by atoms with van der Waals surface area (Å²) in [5.74, 6) is 1.85. The molecule has 2 rings (SSSR count). The molecule has 1 saturated carbocycles. The second-order valence-corrected chi connectivity index (χ2v) is 5.03. The van der Waals surface area contributed by atoms with Gasteiger partial charge in [-0.1, -0.05) is 19.3 Å². The van der Waals surface area contributed by atoms with Crippen LogP contribution in [0.1, 0.15) is 44.3 Å². The van der Waals surface area contributed by atoms with Crippen molar-refractivity contribution in [2.45, 2.75) is 51.0 Å². The van der Waals surface area contributed by atoms with Gasteiger partial charge < -0.3 is 9.67 Å². The zero-order chi connectivity index (χ0) is 11.4. The van der Waals surface area contributed by atoms with E-state index in [4.69, 9.17) is 0 Å². The van der Waals surface area contributed by atoms with Crippen molar-refractivity contribution < 1.29 is 5.11 Å². The molecule has 1 fully saturated rings. The molecular formula is C13H22N2O. The van der Waals surface area contributed by atoms with Crippen molar-refractivity contribution in [2.24, 2.45) is 13.0 Å². The third kappa shape index (κ3) is 3.08. The first-order valence-electron chi connectivity index (χ1n) is 6.40. The van der Waals surface area contributed by atoms with Crippen LogP contribution in [0.25, 0.3) is 0 Å². The summed E-state index contributed by atoms with van der Waals surface area (Å²) in [4.78, 5) is 4.34. The van der Waals surface area contributed by atoms with E-state index in [1.807, 2.05) is 19.4 Å². The van der Waals surface area contributed by atoms with Gasteiger partial charge in [-0.05, 0) is 25.2 Å². The number of aliphatic hydroxyl groups excluding tert-OH is 1. The van der Waals surface area contributed by atoms with E-state index in [1.54, 1.807) is 0 Å². The van der Waals surface area contributed by atoms with E-state index in [9.17, 15) is 5.11 Å². The van der Waals surface area contributed by atoms with Crippen LogP contribution in [0.3, 0.4) is 0 Å². The molecule has 1 N–H and O–H groups in total. The molecule has 2 atom stereocenters. The first-order valence-corrected chi connectivity index (χ1v) is 6.40. The molecule has 3 heteroatoms. The van der Waals surface area contributed by atoms with Gasteiger partial charge in [-0.25, -0.2) is 4.98 Å². The van der Waals surface area contributed by atoms with Crippen LogP contribution < -0.4 is 0 Å². The molecule has 0 saturated heterocycles. The predicted octanol–water partition coefficient (Wildman–Crippen LogP) is 2.29. The van der Waals surface area contributed by atoms with Gasteiger partial charge in [-0.3, -0.25) is 0 Å². The van der Waals surface area contributed by atoms with Crippen molar-refractivity contribution in [1.82, 2.24) is 9.55 Å². The fourth-order valence-electron chi connectivity index (χ4n) is 2.67. The van der Waals surface area contributed by atoms with Gasteiger partial charge in [0.2, 0.25) is 0 Å². The Morgan fingerprint density at radius 1 is 1.44 bits per heavy atom. The average molecular weight is 222 g/mol. The molecule has 0 radical (unpaired) electrons. The second-order valence-electron chi connectivity index (χ2n) is 5.03. The summed E-state index contributed by atoms with van der Waals surface area (Å²) >= 11 is 0. The van der Waals surface area contributed by atoms with Gasteiger partial charge in [-0.15, -0.1) is 0 Å². The first-order chi connectivity index (χ1) is 7.75. The number of aryl methyl sites for hydroxylation is 2. The number of nitrogens with zero attached hydrogens (tertiary/aromatic N) is 2. The lowest BCUT2D eigenvalue weighted by atomic mass is 9.94. The van der Waals surface area contributed by atoms with E-state index in [1.165, 1.54) is 31.5 Å². The van der Waals surface area contributed by atoms with Crippen molar-refractivity contribution >= 4 is 0 Å². The van der Waals surface area contributed by atoms with Crippen molar-refractivity contribution in [2.75, 3.05) is 0 Å². The highest BCUT2D eigenvalue weighted by Crippen LogP contribution is 2.26. The number of aromatic nitrogens is 2. The van der Waals surface area contributed by atoms with Gasteiger partial charge in [0.05, 0.1) is 6.10 Å². The highest BCUT2D eigenvalue weighted by Gasteiger charge is 2.18. The van der Waals surface area contributed by atoms with Gasteiger partial charge in [-0.2, -0.15) is 0 Å². The first kappa shape index (κ1) is 11.6. The molecule has 0 bridgehead atoms. The Labute approximate surface area is 97.5 Å². The van der Waals surface area contributed by atoms with Crippen molar-refractivity contribution in [3.63, 3.8) is 0 Å². The predicted molar refractivity (Wildman–Crippen MR) is 64.1 cm³/mol. The van der Waals surface area contributed by atoms with Crippen LogP contribution >= 0.6 is 0 Å². The maximum atomic E-state index is 9.75. The molecule has 2 unspecified atom stereocenters. The minimum Gasteiger partial charge on any atom is -0.393 e. The summed E-state index contributed by atoms with van der Waals surface area (Å²) in [6.07, 6.45) is 11.7. The summed E-state index contributed by atoms with van der Waals surface area (Å²) in [6, 6.07) is 0. The fraction of sp³-hybridized carbons (Fsp3) is 0.769. The molecule has 1 heterocycles. The van der Waals surface area contributed by atoms with E-state index in [2.05, 4.69) is 9.55 Å². The summed E-state index contributed by atoms with van der Waals surface area (Å²) in [5, 5.41) is 9.75. The molecule has 0 spiro atoms. The van der Waals surface area contributed by atoms with Crippen LogP contribution in [0.4, 0.5) is 0 Å². The van der Waals surface area contributed by atoms with Crippen LogP contribution in [0, 0.1) is 5.92 Å². The molecule has 3 nitrogen and oxygen atoms in total. The second kappa shape index (κ2) is 5.48. The molecule has 1 aromatic heterocycles. The van der Waals surface area contributed by atoms with Gasteiger partial charge in [0, 0.05) is 25.9 Å². The van der Waals surface area contributed by atoms with Gasteiger partial charge in [0.25, 0.3) is 0 Å². The Kier molecular flexibility index (Phi) is 3.99. The highest BCUT2D eigenvalue weighted by molar-refractivity contribution is 4.91. The molecule has 1 aliphatic carbocycles. The highest BCUT2D eigenvalue weighted by atomic mass is 16.3. The standard InChI is InChI=1S/C13H22N2O/c1-15-9-8-14-13(15)7-6-11-4-2-3-5-12(16)10-11/h8-9,11-12,16H,2-7,10H2,1H3. The van der Waals surface area contributed by atoms with E-state index in [-0.39, 0.29) is 6.10 Å². The Morgan fingerprint density at radius 3 is 3.00 bits per heavy atom. The number of rotatable bonds is 3. The zero-order valence-electron chi connectivity index (χ0n) is 10.1. The lowest BCUT2D eigenvalue weighted by Crippen LogP contribution is -2.12. The summed E-state index contributed by atoms with van der Waals surface area (Å²) in [5.41, 5.74) is 0. The maximum Gasteiger partial charge on any atom is 0.108 e. The Hall–Kier alpha value is -0.830. The molecular weight excluding hydrogens is 200 g/mol. The lowest BCUT2D eigenvalue weighted by Gasteiger charge is -2.15. The monoisotopic (exact) mass is 222 g/mol. The third-order valence-corrected chi connectivity index (χ3v) is 3.70. The van der Waals surface area contributed by atoms with Crippen LogP contribution in [0.15, 0.2) is 12.4 Å². The van der Waals surface area contributed by atoms with Crippen LogP contribution in [0.5, 0.6) is 0 Å². The van der Waals surface area contributed by atoms with Crippen molar-refractivity contribution in [3.05, 3.63) is 18.2 Å². The number of hydrogen-bond donors (Lipinski definition) is 1. The molecule has 0 amide bonds. The van der Waals surface area contributed by atoms with E-state index in [0.29, 0.717) is 5.92 Å². The zero-order valence-corrected chi connectivity index (χ0v) is 10.1. The Morgan fingerprint density at radius 2 is 2.25 bits per heavy atom. The van der Waals surface area contributed by atoms with E-state index in [0.717, 1.165) is 19.3 Å². The molecule has 1 aromatic rings. The molecule has 16 heavy (non-hydrogen) atoms. The van der Waals surface area contributed by atoms with E-state index < -0.39 is 0 Å². The Balaban J connectivity index is 1.82. The largest absolute Gasteiger partial charge is 0.393 e. The average Bonchev–Trinajstić information content (AvgIpc) is 2.54. The van der Waals surface area contributed by atoms with Gasteiger partial charge >= 0.3 is 0 Å². The third-order valence-electron chi connectivity index (χ3n) is 3.70. The minimum atomic E-state index is -0.0612. The van der Waals surface area contributed by atoms with Crippen LogP contribution in [-0.4, -0.2) is 20.8 Å². The van der Waals surface area contributed by atoms with Crippen molar-refractivity contribution in [1.29, 1.82) is 0 Å². The molecule has 0 aliphatic heterocycles. The maximum absolute atomic E-state index is 9.75. The lowest BCUT2D eigenvalue weighted by molar-refractivity contribution is 0.139. The summed E-state index contributed by atoms with van der Waals surface area (Å²) in [6.45, 7) is 0. The molecule has 1 aliphatic rings. The Bertz CT molecular complexity index is 321. The SMILES string of the molecule is Cn1ccnc1CCC1CCCCC(O)C1. The number of imidazole rings is 1. The quantitative estimate of drug-likeness (QED) is 0.797. The molecule has 0 aromatic carbocycles. The molecule has 90 valence electrons. The van der Waals surface area contributed by atoms with Gasteiger partial charge in [0.1, 0.15) is 5.82 Å². The van der Waals surface area contributed by atoms with Crippen molar-refractivity contribution in [3.8, 4) is 0 Å². The van der Waals surface area contributed by atoms with Crippen LogP contribution in [-0.2, 0) is 13.5 Å². The van der Waals surface area contributed by atoms with Gasteiger partial charge in [0.15, 0.2) is 0 Å². The normalized spacial score (nSPS) is 26.6. The number of hydrogen-bond acceptors (Lipinski definition) is 2. The summed E-state index contributed by atoms with van der Waals surface area (Å²) in [7, 11) is 2.05. The summed E-state index contributed by atoms with van der Waals surface area (Å²) < 4.78 is 2.09. The van der Waals surface area contributed by atoms with E-state index >= 15 is 0 Å². The topological polar surface area (TPSA) is 38.0 Å². The fourth-order valence-corrected chi connectivity index (χ4v) is 2.67. The smallest absolute Gasteiger partial charge is 0.108 e. The number of aliphatic hydroxyl groups is 1.